The lowest BCUT2D eigenvalue weighted by atomic mass is 10.0. The van der Waals surface area contributed by atoms with Crippen LogP contribution in [0, 0.1) is 6.92 Å². The lowest BCUT2D eigenvalue weighted by molar-refractivity contribution is -0.217. The Hall–Kier alpha value is -4.01. The van der Waals surface area contributed by atoms with Crippen molar-refractivity contribution in [1.29, 1.82) is 0 Å². The van der Waals surface area contributed by atoms with Gasteiger partial charge in [0.1, 0.15) is 6.61 Å². The first kappa shape index (κ1) is 31.0. The maximum atomic E-state index is 12.6. The minimum atomic E-state index is -1.78. The average molecular weight is 530 g/mol. The van der Waals surface area contributed by atoms with Crippen molar-refractivity contribution in [3.8, 4) is 0 Å². The summed E-state index contributed by atoms with van der Waals surface area (Å²) in [5, 5.41) is 0. The van der Waals surface area contributed by atoms with E-state index in [1.54, 1.807) is 0 Å². The molecule has 15 heteroatoms. The number of ether oxygens (including phenoxy) is 6. The standard InChI is InChI=1S/C22H30N2O13/c1-10-8-24(22(31)23-20(10)30)21(32-7)19(37-15(6)29)18(36-14(5)28)17(35-13(4)27)16(34-12(3)26)9-33-11(2)25/h8,16-19,21H,9H2,1-7H3,(H,23,30,31)/t16-,17-,18-,19-,21-/m1/s1. The van der Waals surface area contributed by atoms with Crippen molar-refractivity contribution >= 4 is 29.8 Å². The molecule has 0 aliphatic rings. The average Bonchev–Trinajstić information content (AvgIpc) is 2.76. The number of aryl methyl sites for hydroxylation is 1. The number of hydrogen-bond acceptors (Lipinski definition) is 13. The largest absolute Gasteiger partial charge is 0.462 e. The van der Waals surface area contributed by atoms with Crippen molar-refractivity contribution in [3.05, 3.63) is 32.6 Å². The summed E-state index contributed by atoms with van der Waals surface area (Å²) in [5.74, 6) is -4.47. The molecule has 0 aliphatic heterocycles. The van der Waals surface area contributed by atoms with Crippen LogP contribution in [0.2, 0.25) is 0 Å². The van der Waals surface area contributed by atoms with Crippen LogP contribution in [0.3, 0.4) is 0 Å². The SMILES string of the molecule is CO[C@H]([C@H](OC(C)=O)[C@H](OC(C)=O)[C@H](OC(C)=O)[C@@H](COC(C)=O)OC(C)=O)n1cc(C)c(=O)[nH]c1=O. The highest BCUT2D eigenvalue weighted by Crippen LogP contribution is 2.27. The van der Waals surface area contributed by atoms with E-state index in [9.17, 15) is 33.6 Å². The van der Waals surface area contributed by atoms with Crippen LogP contribution >= 0.6 is 0 Å². The first-order chi connectivity index (χ1) is 17.2. The van der Waals surface area contributed by atoms with Crippen molar-refractivity contribution < 1.29 is 52.4 Å². The molecule has 37 heavy (non-hydrogen) atoms. The van der Waals surface area contributed by atoms with Crippen LogP contribution in [-0.4, -0.2) is 77.5 Å². The Labute approximate surface area is 210 Å². The number of nitrogens with zero attached hydrogens (tertiary/aromatic N) is 1. The lowest BCUT2D eigenvalue weighted by Gasteiger charge is -2.38. The molecule has 0 bridgehead atoms. The van der Waals surface area contributed by atoms with Gasteiger partial charge < -0.3 is 28.4 Å². The predicted molar refractivity (Wildman–Crippen MR) is 121 cm³/mol. The molecule has 5 atom stereocenters. The molecule has 0 saturated carbocycles. The van der Waals surface area contributed by atoms with Crippen LogP contribution in [0.5, 0.6) is 0 Å². The van der Waals surface area contributed by atoms with Gasteiger partial charge >= 0.3 is 35.5 Å². The molecule has 0 spiro atoms. The summed E-state index contributed by atoms with van der Waals surface area (Å²) < 4.78 is 32.4. The van der Waals surface area contributed by atoms with E-state index < -0.39 is 78.3 Å². The summed E-state index contributed by atoms with van der Waals surface area (Å²) in [6.45, 7) is 5.84. The van der Waals surface area contributed by atoms with Crippen LogP contribution in [0.1, 0.15) is 46.4 Å². The molecule has 0 saturated heterocycles. The molecule has 1 N–H and O–H groups in total. The summed E-state index contributed by atoms with van der Waals surface area (Å²) in [4.78, 5) is 86.0. The Balaban J connectivity index is 3.84. The van der Waals surface area contributed by atoms with Gasteiger partial charge in [-0.15, -0.1) is 0 Å². The van der Waals surface area contributed by atoms with Gasteiger partial charge in [0.05, 0.1) is 0 Å². The van der Waals surface area contributed by atoms with Gasteiger partial charge in [-0.05, 0) is 6.92 Å². The number of aromatic nitrogens is 2. The second-order valence-electron chi connectivity index (χ2n) is 7.78. The smallest absolute Gasteiger partial charge is 0.330 e. The molecule has 15 nitrogen and oxygen atoms in total. The maximum absolute atomic E-state index is 12.6. The molecule has 1 heterocycles. The number of carbonyl (C=O) groups is 5. The number of nitrogens with one attached hydrogen (secondary N) is 1. The van der Waals surface area contributed by atoms with E-state index >= 15 is 0 Å². The van der Waals surface area contributed by atoms with Crippen molar-refractivity contribution in [2.45, 2.75) is 72.2 Å². The summed E-state index contributed by atoms with van der Waals surface area (Å²) in [6.07, 6.45) is -7.25. The normalized spacial score (nSPS) is 14.8. The topological polar surface area (TPSA) is 196 Å². The number of aromatic amines is 1. The third-order valence-electron chi connectivity index (χ3n) is 4.63. The Morgan fingerprint density at radius 3 is 1.73 bits per heavy atom. The summed E-state index contributed by atoms with van der Waals surface area (Å²) in [6, 6.07) is 0. The van der Waals surface area contributed by atoms with E-state index in [1.807, 2.05) is 0 Å². The minimum Gasteiger partial charge on any atom is -0.462 e. The van der Waals surface area contributed by atoms with Gasteiger partial charge in [-0.25, -0.2) is 4.79 Å². The highest BCUT2D eigenvalue weighted by molar-refractivity contribution is 5.69. The van der Waals surface area contributed by atoms with E-state index in [0.717, 1.165) is 52.5 Å². The highest BCUT2D eigenvalue weighted by atomic mass is 16.6. The van der Waals surface area contributed by atoms with Crippen LogP contribution in [0.4, 0.5) is 0 Å². The molecular formula is C22H30N2O13. The molecule has 0 aromatic carbocycles. The number of rotatable bonds is 12. The van der Waals surface area contributed by atoms with Crippen molar-refractivity contribution in [2.75, 3.05) is 13.7 Å². The zero-order valence-corrected chi connectivity index (χ0v) is 21.4. The molecular weight excluding hydrogens is 500 g/mol. The van der Waals surface area contributed by atoms with Gasteiger partial charge in [-0.3, -0.25) is 38.3 Å². The lowest BCUT2D eigenvalue weighted by Crippen LogP contribution is -2.56. The summed E-state index contributed by atoms with van der Waals surface area (Å²) in [5.41, 5.74) is -1.58. The second-order valence-corrected chi connectivity index (χ2v) is 7.78. The van der Waals surface area contributed by atoms with E-state index in [-0.39, 0.29) is 5.56 Å². The van der Waals surface area contributed by atoms with Crippen molar-refractivity contribution in [3.63, 3.8) is 0 Å². The third kappa shape index (κ3) is 9.51. The summed E-state index contributed by atoms with van der Waals surface area (Å²) >= 11 is 0. The van der Waals surface area contributed by atoms with E-state index in [2.05, 4.69) is 4.98 Å². The fraction of sp³-hybridized carbons (Fsp3) is 0.591. The van der Waals surface area contributed by atoms with Gasteiger partial charge in [-0.2, -0.15) is 0 Å². The molecule has 1 aromatic rings. The third-order valence-corrected chi connectivity index (χ3v) is 4.63. The number of carbonyl (C=O) groups excluding carboxylic acids is 5. The molecule has 0 fully saturated rings. The zero-order chi connectivity index (χ0) is 28.4. The number of H-pyrrole nitrogens is 1. The second kappa shape index (κ2) is 13.9. The fourth-order valence-electron chi connectivity index (χ4n) is 3.33. The maximum Gasteiger partial charge on any atom is 0.330 e. The number of hydrogen-bond donors (Lipinski definition) is 1. The Morgan fingerprint density at radius 2 is 1.27 bits per heavy atom. The van der Waals surface area contributed by atoms with Crippen molar-refractivity contribution in [2.24, 2.45) is 0 Å². The van der Waals surface area contributed by atoms with Crippen molar-refractivity contribution in [1.82, 2.24) is 9.55 Å². The van der Waals surface area contributed by atoms with Crippen LogP contribution < -0.4 is 11.2 Å². The first-order valence-corrected chi connectivity index (χ1v) is 10.8. The van der Waals surface area contributed by atoms with Crippen LogP contribution in [0.15, 0.2) is 15.8 Å². The van der Waals surface area contributed by atoms with Gasteiger partial charge in [0.2, 0.25) is 0 Å². The van der Waals surface area contributed by atoms with E-state index in [1.165, 1.54) is 6.92 Å². The highest BCUT2D eigenvalue weighted by Gasteiger charge is 2.48. The number of esters is 5. The number of methoxy groups -OCH3 is 1. The predicted octanol–water partition coefficient (Wildman–Crippen LogP) is -0.720. The molecule has 0 aliphatic carbocycles. The Bertz CT molecular complexity index is 1120. The van der Waals surface area contributed by atoms with Crippen LogP contribution in [0.25, 0.3) is 0 Å². The summed E-state index contributed by atoms with van der Waals surface area (Å²) in [7, 11) is 1.13. The quantitative estimate of drug-likeness (QED) is 0.263. The first-order valence-electron chi connectivity index (χ1n) is 10.8. The minimum absolute atomic E-state index is 0.0800. The Morgan fingerprint density at radius 1 is 0.784 bits per heavy atom. The monoisotopic (exact) mass is 530 g/mol. The molecule has 1 aromatic heterocycles. The van der Waals surface area contributed by atoms with E-state index in [4.69, 9.17) is 28.4 Å². The fourth-order valence-corrected chi connectivity index (χ4v) is 3.33. The van der Waals surface area contributed by atoms with E-state index in [0.29, 0.717) is 0 Å². The zero-order valence-electron chi connectivity index (χ0n) is 21.4. The molecule has 206 valence electrons. The van der Waals surface area contributed by atoms with Crippen LogP contribution in [-0.2, 0) is 52.4 Å². The van der Waals surface area contributed by atoms with Gasteiger partial charge in [0.25, 0.3) is 5.56 Å². The molecule has 1 rings (SSSR count). The van der Waals surface area contributed by atoms with Gasteiger partial charge in [0.15, 0.2) is 30.6 Å². The van der Waals surface area contributed by atoms with Gasteiger partial charge in [0, 0.05) is 53.5 Å². The molecule has 0 radical (unpaired) electrons. The Kier molecular flexibility index (Phi) is 11.7. The molecule has 0 amide bonds. The van der Waals surface area contributed by atoms with Gasteiger partial charge in [-0.1, -0.05) is 0 Å². The molecule has 0 unspecified atom stereocenters.